The molecule has 3 aromatic heterocycles. The van der Waals surface area contributed by atoms with Gasteiger partial charge in [0, 0.05) is 23.7 Å². The van der Waals surface area contributed by atoms with Crippen LogP contribution in [0, 0.1) is 0 Å². The molecule has 0 amide bonds. The van der Waals surface area contributed by atoms with Crippen molar-refractivity contribution in [3.05, 3.63) is 66.7 Å². The predicted molar refractivity (Wildman–Crippen MR) is 106 cm³/mol. The number of hydrogen-bond donors (Lipinski definition) is 3. The largest absolute Gasteiger partial charge is 0.508 e. The molecule has 8 nitrogen and oxygen atoms in total. The molecule has 2 aromatic carbocycles. The van der Waals surface area contributed by atoms with E-state index < -0.39 is 0 Å². The monoisotopic (exact) mass is 369 g/mol. The number of fused-ring (bicyclic) bond motifs is 2. The number of nitrogens with zero attached hydrogens (tertiary/aromatic N) is 5. The summed E-state index contributed by atoms with van der Waals surface area (Å²) in [6, 6.07) is 13.0. The molecule has 136 valence electrons. The molecule has 0 saturated carbocycles. The summed E-state index contributed by atoms with van der Waals surface area (Å²) in [7, 11) is 0. The quantitative estimate of drug-likeness (QED) is 0.445. The van der Waals surface area contributed by atoms with Crippen molar-refractivity contribution in [3.63, 3.8) is 0 Å². The van der Waals surface area contributed by atoms with E-state index in [1.807, 2.05) is 30.3 Å². The Morgan fingerprint density at radius 3 is 2.75 bits per heavy atom. The number of anilines is 1. The third-order valence-electron chi connectivity index (χ3n) is 4.49. The molecule has 3 N–H and O–H groups in total. The van der Waals surface area contributed by atoms with Crippen LogP contribution >= 0.6 is 0 Å². The van der Waals surface area contributed by atoms with Gasteiger partial charge in [0.1, 0.15) is 12.1 Å². The molecule has 0 radical (unpaired) electrons. The maximum Gasteiger partial charge on any atom is 0.223 e. The van der Waals surface area contributed by atoms with Crippen molar-refractivity contribution in [1.82, 2.24) is 30.1 Å². The van der Waals surface area contributed by atoms with Gasteiger partial charge in [-0.25, -0.2) is 19.9 Å². The first-order chi connectivity index (χ1) is 13.8. The Bertz CT molecular complexity index is 1280. The zero-order valence-corrected chi connectivity index (χ0v) is 14.7. The third kappa shape index (κ3) is 2.96. The standard InChI is InChI=1S/C20H15N7O/c28-15-4-1-12(2-5-15)8-21-20-22-9-14-7-13(3-6-17(14)26-20)18-16-10-25-27-19(16)24-11-23-18/h1-7,9-11,28H,8H2,(H,21,22,26)(H,23,24,25,27). The highest BCUT2D eigenvalue weighted by Gasteiger charge is 2.09. The van der Waals surface area contributed by atoms with Crippen molar-refractivity contribution in [2.45, 2.75) is 6.54 Å². The van der Waals surface area contributed by atoms with Crippen molar-refractivity contribution in [2.75, 3.05) is 5.32 Å². The Labute approximate surface area is 159 Å². The minimum Gasteiger partial charge on any atom is -0.508 e. The lowest BCUT2D eigenvalue weighted by molar-refractivity contribution is 0.475. The topological polar surface area (TPSA) is 112 Å². The normalized spacial score (nSPS) is 11.1. The van der Waals surface area contributed by atoms with E-state index in [1.165, 1.54) is 6.33 Å². The minimum atomic E-state index is 0.248. The lowest BCUT2D eigenvalue weighted by Gasteiger charge is -2.07. The molecule has 0 unspecified atom stereocenters. The van der Waals surface area contributed by atoms with Crippen LogP contribution in [0.1, 0.15) is 5.56 Å². The van der Waals surface area contributed by atoms with Crippen LogP contribution in [0.3, 0.4) is 0 Å². The van der Waals surface area contributed by atoms with Crippen LogP contribution in [0.2, 0.25) is 0 Å². The second kappa shape index (κ2) is 6.58. The second-order valence-electron chi connectivity index (χ2n) is 6.34. The highest BCUT2D eigenvalue weighted by atomic mass is 16.3. The number of aromatic nitrogens is 6. The fourth-order valence-electron chi connectivity index (χ4n) is 3.06. The van der Waals surface area contributed by atoms with Gasteiger partial charge in [0.25, 0.3) is 0 Å². The number of phenolic OH excluding ortho intramolecular Hbond substituents is 1. The molecular weight excluding hydrogens is 354 g/mol. The molecular formula is C20H15N7O. The summed E-state index contributed by atoms with van der Waals surface area (Å²) in [4.78, 5) is 17.6. The van der Waals surface area contributed by atoms with E-state index in [1.54, 1.807) is 24.5 Å². The highest BCUT2D eigenvalue weighted by Crippen LogP contribution is 2.27. The first-order valence-electron chi connectivity index (χ1n) is 8.69. The van der Waals surface area contributed by atoms with Gasteiger partial charge in [-0.2, -0.15) is 5.10 Å². The molecule has 0 spiro atoms. The van der Waals surface area contributed by atoms with E-state index in [0.717, 1.165) is 33.1 Å². The molecule has 8 heteroatoms. The number of hydrogen-bond acceptors (Lipinski definition) is 7. The molecule has 0 saturated heterocycles. The van der Waals surface area contributed by atoms with Crippen LogP contribution in [0.4, 0.5) is 5.95 Å². The first kappa shape index (κ1) is 16.1. The van der Waals surface area contributed by atoms with E-state index in [0.29, 0.717) is 18.1 Å². The summed E-state index contributed by atoms with van der Waals surface area (Å²) in [5.41, 5.74) is 4.34. The Morgan fingerprint density at radius 1 is 0.964 bits per heavy atom. The average Bonchev–Trinajstić information content (AvgIpc) is 3.22. The molecule has 3 heterocycles. The number of phenols is 1. The number of rotatable bonds is 4. The summed E-state index contributed by atoms with van der Waals surface area (Å²) in [5, 5.41) is 21.2. The van der Waals surface area contributed by atoms with Gasteiger partial charge in [-0.1, -0.05) is 18.2 Å². The van der Waals surface area contributed by atoms with Gasteiger partial charge in [-0.15, -0.1) is 0 Å². The van der Waals surface area contributed by atoms with Crippen LogP contribution in [0.15, 0.2) is 61.2 Å². The molecule has 0 aliphatic heterocycles. The number of benzene rings is 2. The lowest BCUT2D eigenvalue weighted by Crippen LogP contribution is -2.03. The summed E-state index contributed by atoms with van der Waals surface area (Å²) < 4.78 is 0. The van der Waals surface area contributed by atoms with Gasteiger partial charge < -0.3 is 10.4 Å². The van der Waals surface area contributed by atoms with Gasteiger partial charge in [0.15, 0.2) is 5.65 Å². The van der Waals surface area contributed by atoms with Gasteiger partial charge in [0.05, 0.1) is 22.8 Å². The van der Waals surface area contributed by atoms with Crippen LogP contribution in [-0.2, 0) is 6.54 Å². The van der Waals surface area contributed by atoms with Crippen molar-refractivity contribution < 1.29 is 5.11 Å². The van der Waals surface area contributed by atoms with Gasteiger partial charge >= 0.3 is 0 Å². The Hall–Kier alpha value is -4.07. The smallest absolute Gasteiger partial charge is 0.223 e. The third-order valence-corrected chi connectivity index (χ3v) is 4.49. The number of H-pyrrole nitrogens is 1. The fourth-order valence-corrected chi connectivity index (χ4v) is 3.06. The Balaban J connectivity index is 1.43. The van der Waals surface area contributed by atoms with E-state index >= 15 is 0 Å². The second-order valence-corrected chi connectivity index (χ2v) is 6.34. The molecule has 0 bridgehead atoms. The average molecular weight is 369 g/mol. The highest BCUT2D eigenvalue weighted by molar-refractivity contribution is 5.93. The molecule has 0 fully saturated rings. The van der Waals surface area contributed by atoms with Crippen LogP contribution in [0.25, 0.3) is 33.2 Å². The van der Waals surface area contributed by atoms with Gasteiger partial charge in [-0.05, 0) is 29.8 Å². The molecule has 0 aliphatic rings. The molecule has 0 atom stereocenters. The molecule has 0 aliphatic carbocycles. The van der Waals surface area contributed by atoms with E-state index in [4.69, 9.17) is 0 Å². The summed E-state index contributed by atoms with van der Waals surface area (Å²) in [6.45, 7) is 0.573. The summed E-state index contributed by atoms with van der Waals surface area (Å²) in [5.74, 6) is 0.797. The predicted octanol–water partition coefficient (Wildman–Crippen LogP) is 3.28. The fraction of sp³-hybridized carbons (Fsp3) is 0.0500. The summed E-state index contributed by atoms with van der Waals surface area (Å²) in [6.07, 6.45) is 5.04. The number of nitrogens with one attached hydrogen (secondary N) is 2. The molecule has 28 heavy (non-hydrogen) atoms. The SMILES string of the molecule is Oc1ccc(CNc2ncc3cc(-c4ncnc5[nH]ncc45)ccc3n2)cc1. The molecule has 5 aromatic rings. The summed E-state index contributed by atoms with van der Waals surface area (Å²) >= 11 is 0. The van der Waals surface area contributed by atoms with E-state index in [2.05, 4.69) is 35.5 Å². The van der Waals surface area contributed by atoms with Gasteiger partial charge in [0.2, 0.25) is 5.95 Å². The first-order valence-corrected chi connectivity index (χ1v) is 8.69. The zero-order valence-electron chi connectivity index (χ0n) is 14.7. The van der Waals surface area contributed by atoms with E-state index in [9.17, 15) is 5.11 Å². The number of aromatic hydroxyl groups is 1. The van der Waals surface area contributed by atoms with E-state index in [-0.39, 0.29) is 5.75 Å². The van der Waals surface area contributed by atoms with Crippen molar-refractivity contribution >= 4 is 27.9 Å². The number of aromatic amines is 1. The minimum absolute atomic E-state index is 0.248. The Morgan fingerprint density at radius 2 is 1.86 bits per heavy atom. The van der Waals surface area contributed by atoms with Gasteiger partial charge in [-0.3, -0.25) is 5.10 Å². The van der Waals surface area contributed by atoms with Crippen LogP contribution < -0.4 is 5.32 Å². The van der Waals surface area contributed by atoms with Crippen LogP contribution in [-0.4, -0.2) is 35.2 Å². The molecule has 5 rings (SSSR count). The zero-order chi connectivity index (χ0) is 18.9. The van der Waals surface area contributed by atoms with Crippen molar-refractivity contribution in [3.8, 4) is 17.0 Å². The lowest BCUT2D eigenvalue weighted by atomic mass is 10.1. The maximum atomic E-state index is 9.35. The maximum absolute atomic E-state index is 9.35. The van der Waals surface area contributed by atoms with Crippen LogP contribution in [0.5, 0.6) is 5.75 Å². The Kier molecular flexibility index (Phi) is 3.79. The van der Waals surface area contributed by atoms with Crippen molar-refractivity contribution in [2.24, 2.45) is 0 Å². The van der Waals surface area contributed by atoms with Crippen molar-refractivity contribution in [1.29, 1.82) is 0 Å².